The van der Waals surface area contributed by atoms with Crippen molar-refractivity contribution < 1.29 is 13.6 Å². The van der Waals surface area contributed by atoms with Crippen LogP contribution in [0, 0.1) is 18.6 Å². The van der Waals surface area contributed by atoms with Crippen molar-refractivity contribution in [2.24, 2.45) is 0 Å². The molecule has 2 aromatic carbocycles. The van der Waals surface area contributed by atoms with Crippen LogP contribution in [-0.2, 0) is 4.79 Å². The number of rotatable bonds is 5. The van der Waals surface area contributed by atoms with Gasteiger partial charge in [-0.1, -0.05) is 30.0 Å². The normalized spacial score (nSPS) is 10.7. The van der Waals surface area contributed by atoms with Crippen molar-refractivity contribution in [1.82, 2.24) is 14.8 Å². The molecule has 0 aliphatic rings. The van der Waals surface area contributed by atoms with Crippen LogP contribution in [0.5, 0.6) is 0 Å². The van der Waals surface area contributed by atoms with E-state index >= 15 is 0 Å². The van der Waals surface area contributed by atoms with Crippen molar-refractivity contribution in [2.45, 2.75) is 12.1 Å². The second-order valence-electron chi connectivity index (χ2n) is 5.23. The van der Waals surface area contributed by atoms with Gasteiger partial charge >= 0.3 is 0 Å². The average molecular weight is 360 g/mol. The zero-order valence-corrected chi connectivity index (χ0v) is 14.1. The Bertz CT molecular complexity index is 913. The van der Waals surface area contributed by atoms with E-state index in [1.165, 1.54) is 0 Å². The Morgan fingerprint density at radius 1 is 1.24 bits per heavy atom. The molecular weight excluding hydrogens is 346 g/mol. The first-order valence-corrected chi connectivity index (χ1v) is 8.37. The van der Waals surface area contributed by atoms with Gasteiger partial charge in [-0.3, -0.25) is 9.36 Å². The second kappa shape index (κ2) is 7.43. The highest BCUT2D eigenvalue weighted by molar-refractivity contribution is 7.99. The Hall–Kier alpha value is -2.74. The molecule has 8 heteroatoms. The minimum absolute atomic E-state index is 0.0134. The molecule has 5 nitrogen and oxygen atoms in total. The van der Waals surface area contributed by atoms with Crippen LogP contribution in [-0.4, -0.2) is 26.4 Å². The number of aromatic nitrogens is 3. The van der Waals surface area contributed by atoms with E-state index in [9.17, 15) is 13.6 Å². The average Bonchev–Trinajstić information content (AvgIpc) is 3.05. The van der Waals surface area contributed by atoms with E-state index in [1.807, 2.05) is 31.2 Å². The number of anilines is 1. The van der Waals surface area contributed by atoms with E-state index in [1.54, 1.807) is 10.9 Å². The fraction of sp³-hybridized carbons (Fsp3) is 0.118. The molecule has 3 rings (SSSR count). The first-order valence-electron chi connectivity index (χ1n) is 7.38. The van der Waals surface area contributed by atoms with E-state index in [0.717, 1.165) is 41.2 Å². The number of thioether (sulfide) groups is 1. The second-order valence-corrected chi connectivity index (χ2v) is 6.17. The predicted molar refractivity (Wildman–Crippen MR) is 91.8 cm³/mol. The Balaban J connectivity index is 1.69. The van der Waals surface area contributed by atoms with Crippen LogP contribution >= 0.6 is 11.8 Å². The van der Waals surface area contributed by atoms with Crippen molar-refractivity contribution in [2.75, 3.05) is 11.1 Å². The summed E-state index contributed by atoms with van der Waals surface area (Å²) in [5, 5.41) is 10.8. The highest BCUT2D eigenvalue weighted by atomic mass is 32.2. The van der Waals surface area contributed by atoms with Crippen LogP contribution < -0.4 is 5.32 Å². The Morgan fingerprint density at radius 2 is 2.04 bits per heavy atom. The molecule has 1 amide bonds. The third-order valence-corrected chi connectivity index (χ3v) is 4.37. The summed E-state index contributed by atoms with van der Waals surface area (Å²) in [6.45, 7) is 1.96. The third-order valence-electron chi connectivity index (χ3n) is 3.43. The molecule has 0 bridgehead atoms. The van der Waals surface area contributed by atoms with Gasteiger partial charge in [0.2, 0.25) is 5.91 Å². The summed E-state index contributed by atoms with van der Waals surface area (Å²) in [6, 6.07) is 10.6. The summed E-state index contributed by atoms with van der Waals surface area (Å²) >= 11 is 1.16. The minimum Gasteiger partial charge on any atom is -0.323 e. The fourth-order valence-electron chi connectivity index (χ4n) is 2.23. The Kier molecular flexibility index (Phi) is 5.08. The van der Waals surface area contributed by atoms with Crippen LogP contribution in [0.3, 0.4) is 0 Å². The van der Waals surface area contributed by atoms with E-state index in [-0.39, 0.29) is 11.4 Å². The molecule has 0 atom stereocenters. The van der Waals surface area contributed by atoms with Crippen molar-refractivity contribution in [3.8, 4) is 5.69 Å². The number of benzene rings is 2. The van der Waals surface area contributed by atoms with Gasteiger partial charge < -0.3 is 5.32 Å². The summed E-state index contributed by atoms with van der Waals surface area (Å²) in [4.78, 5) is 12.0. The summed E-state index contributed by atoms with van der Waals surface area (Å²) < 4.78 is 28.5. The lowest BCUT2D eigenvalue weighted by Crippen LogP contribution is -2.15. The number of hydrogen-bond acceptors (Lipinski definition) is 4. The van der Waals surface area contributed by atoms with E-state index in [4.69, 9.17) is 0 Å². The summed E-state index contributed by atoms with van der Waals surface area (Å²) in [5.41, 5.74) is 1.76. The largest absolute Gasteiger partial charge is 0.323 e. The molecule has 128 valence electrons. The third kappa shape index (κ3) is 4.03. The van der Waals surface area contributed by atoms with Crippen molar-refractivity contribution >= 4 is 23.4 Å². The molecule has 1 N–H and O–H groups in total. The maximum Gasteiger partial charge on any atom is 0.234 e. The van der Waals surface area contributed by atoms with Gasteiger partial charge in [-0.05, 0) is 30.7 Å². The van der Waals surface area contributed by atoms with E-state index in [0.29, 0.717) is 5.16 Å². The smallest absolute Gasteiger partial charge is 0.234 e. The van der Waals surface area contributed by atoms with Gasteiger partial charge in [-0.25, -0.2) is 8.78 Å². The van der Waals surface area contributed by atoms with E-state index in [2.05, 4.69) is 15.5 Å². The maximum absolute atomic E-state index is 13.6. The van der Waals surface area contributed by atoms with Crippen LogP contribution in [0.1, 0.15) is 5.56 Å². The summed E-state index contributed by atoms with van der Waals surface area (Å²) in [6.07, 6.45) is 1.56. The monoisotopic (exact) mass is 360 g/mol. The topological polar surface area (TPSA) is 59.8 Å². The zero-order valence-electron chi connectivity index (χ0n) is 13.2. The maximum atomic E-state index is 13.6. The van der Waals surface area contributed by atoms with Crippen molar-refractivity contribution in [3.63, 3.8) is 0 Å². The van der Waals surface area contributed by atoms with Gasteiger partial charge in [0.15, 0.2) is 5.16 Å². The summed E-state index contributed by atoms with van der Waals surface area (Å²) in [7, 11) is 0. The molecule has 0 aliphatic heterocycles. The number of carbonyl (C=O) groups excluding carboxylic acids is 1. The lowest BCUT2D eigenvalue weighted by molar-refractivity contribution is -0.113. The molecular formula is C17H14F2N4OS. The Labute approximate surface area is 147 Å². The zero-order chi connectivity index (χ0) is 17.8. The minimum atomic E-state index is -0.692. The SMILES string of the molecule is Cc1ccccc1-n1cnnc1SCC(=O)Nc1cc(F)ccc1F. The molecule has 0 fully saturated rings. The molecule has 0 aliphatic carbocycles. The van der Waals surface area contributed by atoms with Gasteiger partial charge in [0, 0.05) is 6.07 Å². The lowest BCUT2D eigenvalue weighted by atomic mass is 10.2. The van der Waals surface area contributed by atoms with E-state index < -0.39 is 17.5 Å². The number of halogens is 2. The number of carbonyl (C=O) groups is 1. The number of nitrogens with zero attached hydrogens (tertiary/aromatic N) is 3. The van der Waals surface area contributed by atoms with Gasteiger partial charge in [-0.15, -0.1) is 10.2 Å². The molecule has 25 heavy (non-hydrogen) atoms. The number of hydrogen-bond donors (Lipinski definition) is 1. The molecule has 0 spiro atoms. The predicted octanol–water partition coefficient (Wildman–Crippen LogP) is 3.58. The molecule has 3 aromatic rings. The number of aryl methyl sites for hydroxylation is 1. The van der Waals surface area contributed by atoms with Crippen LogP contribution in [0.2, 0.25) is 0 Å². The number of para-hydroxylation sites is 1. The lowest BCUT2D eigenvalue weighted by Gasteiger charge is -2.09. The van der Waals surface area contributed by atoms with Gasteiger partial charge in [0.25, 0.3) is 0 Å². The van der Waals surface area contributed by atoms with Crippen molar-refractivity contribution in [3.05, 3.63) is 66.0 Å². The fourth-order valence-corrected chi connectivity index (χ4v) is 2.95. The highest BCUT2D eigenvalue weighted by Crippen LogP contribution is 2.22. The van der Waals surface area contributed by atoms with Gasteiger partial charge in [-0.2, -0.15) is 0 Å². The molecule has 1 heterocycles. The molecule has 0 saturated heterocycles. The molecule has 0 radical (unpaired) electrons. The first-order chi connectivity index (χ1) is 12.0. The molecule has 0 unspecified atom stereocenters. The quantitative estimate of drug-likeness (QED) is 0.707. The van der Waals surface area contributed by atoms with Crippen molar-refractivity contribution in [1.29, 1.82) is 0 Å². The number of amides is 1. The summed E-state index contributed by atoms with van der Waals surface area (Å²) in [5.74, 6) is -1.79. The van der Waals surface area contributed by atoms with Crippen LogP contribution in [0.25, 0.3) is 5.69 Å². The standard InChI is InChI=1S/C17H14F2N4OS/c1-11-4-2-3-5-15(11)23-10-20-22-17(23)25-9-16(24)21-14-8-12(18)6-7-13(14)19/h2-8,10H,9H2,1H3,(H,21,24). The molecule has 0 saturated carbocycles. The van der Waals surface area contributed by atoms with Crippen LogP contribution in [0.4, 0.5) is 14.5 Å². The van der Waals surface area contributed by atoms with Gasteiger partial charge in [0.1, 0.15) is 18.0 Å². The van der Waals surface area contributed by atoms with Gasteiger partial charge in [0.05, 0.1) is 17.1 Å². The molecule has 1 aromatic heterocycles. The van der Waals surface area contributed by atoms with Crippen LogP contribution in [0.15, 0.2) is 53.9 Å². The Morgan fingerprint density at radius 3 is 2.84 bits per heavy atom. The highest BCUT2D eigenvalue weighted by Gasteiger charge is 2.13. The first kappa shape index (κ1) is 17.1. The number of nitrogens with one attached hydrogen (secondary N) is 1.